The monoisotopic (exact) mass is 164 g/mol. The SMILES string of the molecule is CCC12OP(=O)(OC1=O)O2. The first-order valence-corrected chi connectivity index (χ1v) is 4.32. The first-order valence-electron chi connectivity index (χ1n) is 2.86. The molecule has 3 aliphatic rings. The minimum absolute atomic E-state index is 0.329. The van der Waals surface area contributed by atoms with Gasteiger partial charge in [-0.25, -0.2) is 18.4 Å². The van der Waals surface area contributed by atoms with Crippen LogP contribution in [0.15, 0.2) is 0 Å². The molecular weight excluding hydrogens is 159 g/mol. The highest BCUT2D eigenvalue weighted by molar-refractivity contribution is 7.51. The summed E-state index contributed by atoms with van der Waals surface area (Å²) in [5.41, 5.74) is 0. The molecule has 0 unspecified atom stereocenters. The molecule has 0 N–H and O–H groups in total. The van der Waals surface area contributed by atoms with E-state index in [1.165, 1.54) is 0 Å². The van der Waals surface area contributed by atoms with Crippen molar-refractivity contribution in [2.45, 2.75) is 19.1 Å². The van der Waals surface area contributed by atoms with Crippen molar-refractivity contribution in [2.75, 3.05) is 0 Å². The molecule has 0 radical (unpaired) electrons. The second-order valence-electron chi connectivity index (χ2n) is 2.11. The minimum atomic E-state index is -3.39. The van der Waals surface area contributed by atoms with Crippen LogP contribution in [-0.2, 0) is 22.9 Å². The highest BCUT2D eigenvalue weighted by Gasteiger charge is 2.72. The predicted octanol–water partition coefficient (Wildman–Crippen LogP) is 0.804. The van der Waals surface area contributed by atoms with E-state index in [2.05, 4.69) is 13.6 Å². The van der Waals surface area contributed by atoms with Crippen LogP contribution >= 0.6 is 7.82 Å². The van der Waals surface area contributed by atoms with Crippen molar-refractivity contribution in [2.24, 2.45) is 0 Å². The second-order valence-corrected chi connectivity index (χ2v) is 3.56. The Bertz CT molecular complexity index is 236. The lowest BCUT2D eigenvalue weighted by Gasteiger charge is -2.28. The maximum Gasteiger partial charge on any atom is 0.538 e. The smallest absolute Gasteiger partial charge is 0.366 e. The number of phosphoric ester groups is 1. The summed E-state index contributed by atoms with van der Waals surface area (Å²) in [6, 6.07) is 0. The van der Waals surface area contributed by atoms with Crippen LogP contribution in [-0.4, -0.2) is 11.8 Å². The number of fused-ring (bicyclic) bond motifs is 1. The van der Waals surface area contributed by atoms with Crippen molar-refractivity contribution in [1.82, 2.24) is 0 Å². The van der Waals surface area contributed by atoms with Crippen molar-refractivity contribution < 1.29 is 22.9 Å². The Morgan fingerprint density at radius 2 is 2.20 bits per heavy atom. The fraction of sp³-hybridized carbons (Fsp3) is 0.750. The van der Waals surface area contributed by atoms with Crippen LogP contribution in [0, 0.1) is 0 Å². The van der Waals surface area contributed by atoms with Gasteiger partial charge < -0.3 is 4.52 Å². The molecule has 3 heterocycles. The number of phosphoric acid groups is 1. The maximum absolute atomic E-state index is 10.8. The topological polar surface area (TPSA) is 61.8 Å². The van der Waals surface area contributed by atoms with E-state index in [9.17, 15) is 9.36 Å². The highest BCUT2D eigenvalue weighted by Crippen LogP contribution is 2.72. The molecule has 0 saturated carbocycles. The standard InChI is InChI=1S/C4H5O5P/c1-2-4-3(5)7-10(6,8-4)9-4/h2H2,1H3. The molecule has 0 amide bonds. The zero-order chi connectivity index (χ0) is 7.41. The van der Waals surface area contributed by atoms with Gasteiger partial charge in [-0.3, -0.25) is 0 Å². The van der Waals surface area contributed by atoms with Crippen molar-refractivity contribution >= 4 is 13.8 Å². The normalized spacial score (nSPS) is 50.3. The second kappa shape index (κ2) is 1.44. The van der Waals surface area contributed by atoms with Crippen molar-refractivity contribution in [3.63, 3.8) is 0 Å². The minimum Gasteiger partial charge on any atom is -0.366 e. The van der Waals surface area contributed by atoms with E-state index in [-0.39, 0.29) is 0 Å². The third-order valence-electron chi connectivity index (χ3n) is 1.49. The van der Waals surface area contributed by atoms with E-state index < -0.39 is 19.6 Å². The Hall–Kier alpha value is -0.380. The van der Waals surface area contributed by atoms with Gasteiger partial charge in [-0.2, -0.15) is 0 Å². The first kappa shape index (κ1) is 6.34. The van der Waals surface area contributed by atoms with Crippen LogP contribution in [0.25, 0.3) is 0 Å². The third-order valence-corrected chi connectivity index (χ3v) is 2.92. The van der Waals surface area contributed by atoms with E-state index in [1.54, 1.807) is 6.92 Å². The Morgan fingerprint density at radius 1 is 1.60 bits per heavy atom. The van der Waals surface area contributed by atoms with Crippen LogP contribution in [0.2, 0.25) is 0 Å². The number of rotatable bonds is 1. The van der Waals surface area contributed by atoms with Gasteiger partial charge in [0.05, 0.1) is 0 Å². The molecule has 3 fully saturated rings. The lowest BCUT2D eigenvalue weighted by molar-refractivity contribution is -0.185. The first-order chi connectivity index (χ1) is 4.60. The molecule has 3 aliphatic heterocycles. The third kappa shape index (κ3) is 0.509. The summed E-state index contributed by atoms with van der Waals surface area (Å²) in [6.45, 7) is 1.69. The molecule has 10 heavy (non-hydrogen) atoms. The van der Waals surface area contributed by atoms with Gasteiger partial charge in [-0.1, -0.05) is 6.92 Å². The summed E-state index contributed by atoms with van der Waals surface area (Å²) in [5.74, 6) is -1.99. The van der Waals surface area contributed by atoms with Gasteiger partial charge in [0, 0.05) is 6.42 Å². The molecule has 5 nitrogen and oxygen atoms in total. The summed E-state index contributed by atoms with van der Waals surface area (Å²) >= 11 is 0. The van der Waals surface area contributed by atoms with E-state index in [4.69, 9.17) is 0 Å². The van der Waals surface area contributed by atoms with Crippen molar-refractivity contribution in [1.29, 1.82) is 0 Å². The van der Waals surface area contributed by atoms with Crippen LogP contribution in [0.1, 0.15) is 13.3 Å². The van der Waals surface area contributed by atoms with Gasteiger partial charge in [0.15, 0.2) is 0 Å². The average molecular weight is 164 g/mol. The summed E-state index contributed by atoms with van der Waals surface area (Å²) in [4.78, 5) is 10.7. The van der Waals surface area contributed by atoms with E-state index >= 15 is 0 Å². The largest absolute Gasteiger partial charge is 0.538 e. The molecule has 0 spiro atoms. The summed E-state index contributed by atoms with van der Waals surface area (Å²) in [6.07, 6.45) is 0.329. The summed E-state index contributed by atoms with van der Waals surface area (Å²) in [5, 5.41) is 0. The molecule has 56 valence electrons. The van der Waals surface area contributed by atoms with Crippen molar-refractivity contribution in [3.8, 4) is 0 Å². The number of hydrogen-bond acceptors (Lipinski definition) is 5. The summed E-state index contributed by atoms with van der Waals surface area (Å²) in [7, 11) is -3.39. The van der Waals surface area contributed by atoms with Crippen LogP contribution in [0.5, 0.6) is 0 Å². The predicted molar refractivity (Wildman–Crippen MR) is 28.9 cm³/mol. The van der Waals surface area contributed by atoms with Gasteiger partial charge in [-0.05, 0) is 0 Å². The van der Waals surface area contributed by atoms with Crippen LogP contribution in [0.3, 0.4) is 0 Å². The van der Waals surface area contributed by atoms with Gasteiger partial charge in [-0.15, -0.1) is 0 Å². The Balaban J connectivity index is 2.35. The maximum atomic E-state index is 10.8. The Labute approximate surface area is 56.9 Å². The molecule has 2 bridgehead atoms. The van der Waals surface area contributed by atoms with Gasteiger partial charge in [0.1, 0.15) is 0 Å². The van der Waals surface area contributed by atoms with Crippen LogP contribution < -0.4 is 0 Å². The lowest BCUT2D eigenvalue weighted by atomic mass is 10.2. The molecule has 3 rings (SSSR count). The number of hydrogen-bond donors (Lipinski definition) is 0. The van der Waals surface area contributed by atoms with Gasteiger partial charge in [0.25, 0.3) is 5.79 Å². The molecule has 0 aromatic carbocycles. The number of carbonyl (C=O) groups is 1. The zero-order valence-corrected chi connectivity index (χ0v) is 6.09. The molecule has 0 aromatic rings. The zero-order valence-electron chi connectivity index (χ0n) is 5.20. The van der Waals surface area contributed by atoms with E-state index in [0.717, 1.165) is 0 Å². The lowest BCUT2D eigenvalue weighted by Crippen LogP contribution is -2.40. The number of carbonyl (C=O) groups excluding carboxylic acids is 1. The molecule has 0 atom stereocenters. The van der Waals surface area contributed by atoms with Crippen molar-refractivity contribution in [3.05, 3.63) is 0 Å². The molecule has 6 heteroatoms. The summed E-state index contributed by atoms with van der Waals surface area (Å²) < 4.78 is 24.4. The van der Waals surface area contributed by atoms with Crippen LogP contribution in [0.4, 0.5) is 0 Å². The fourth-order valence-corrected chi connectivity index (χ4v) is 2.48. The Kier molecular flexibility index (Phi) is 0.915. The molecular formula is C4H5O5P. The molecule has 0 aliphatic carbocycles. The van der Waals surface area contributed by atoms with E-state index in [1.807, 2.05) is 0 Å². The quantitative estimate of drug-likeness (QED) is 0.536. The molecule has 0 aromatic heterocycles. The highest BCUT2D eigenvalue weighted by atomic mass is 31.2. The van der Waals surface area contributed by atoms with Gasteiger partial charge >= 0.3 is 13.8 Å². The average Bonchev–Trinajstić information content (AvgIpc) is 2.15. The van der Waals surface area contributed by atoms with Gasteiger partial charge in [0.2, 0.25) is 0 Å². The molecule has 3 saturated heterocycles. The van der Waals surface area contributed by atoms with E-state index in [0.29, 0.717) is 6.42 Å². The Morgan fingerprint density at radius 3 is 2.40 bits per heavy atom. The fourth-order valence-electron chi connectivity index (χ4n) is 0.924.